The first-order valence-electron chi connectivity index (χ1n) is 8.55. The largest absolute Gasteiger partial charge is 0.369 e. The molecule has 0 amide bonds. The second-order valence-corrected chi connectivity index (χ2v) is 9.08. The molecule has 1 fully saturated rings. The Morgan fingerprint density at radius 2 is 1.35 bits per heavy atom. The standard InChI is InChI=1S/C20H19BrN2O2S/c21-19-10-11-20(18-9-5-4-8-17(18)19)26(24,25)23-14-12-22(13-15-23)16-6-2-1-3-7-16/h1-11H,12-15H2. The maximum absolute atomic E-state index is 13.2. The van der Waals surface area contributed by atoms with E-state index in [0.29, 0.717) is 31.1 Å². The summed E-state index contributed by atoms with van der Waals surface area (Å²) in [5.41, 5.74) is 1.14. The number of piperazine rings is 1. The predicted octanol–water partition coefficient (Wildman–Crippen LogP) is 4.11. The summed E-state index contributed by atoms with van der Waals surface area (Å²) in [4.78, 5) is 2.61. The van der Waals surface area contributed by atoms with E-state index < -0.39 is 10.0 Å². The van der Waals surface area contributed by atoms with Gasteiger partial charge in [0.25, 0.3) is 0 Å². The van der Waals surface area contributed by atoms with Crippen molar-refractivity contribution in [3.8, 4) is 0 Å². The van der Waals surface area contributed by atoms with Crippen molar-refractivity contribution in [3.63, 3.8) is 0 Å². The van der Waals surface area contributed by atoms with Crippen LogP contribution in [-0.4, -0.2) is 38.9 Å². The maximum Gasteiger partial charge on any atom is 0.243 e. The third-order valence-corrected chi connectivity index (χ3v) is 7.46. The lowest BCUT2D eigenvalue weighted by atomic mass is 10.1. The van der Waals surface area contributed by atoms with E-state index in [2.05, 4.69) is 33.0 Å². The van der Waals surface area contributed by atoms with Gasteiger partial charge in [0.15, 0.2) is 0 Å². The van der Waals surface area contributed by atoms with Gasteiger partial charge in [-0.15, -0.1) is 0 Å². The maximum atomic E-state index is 13.2. The van der Waals surface area contributed by atoms with Crippen LogP contribution in [0.5, 0.6) is 0 Å². The summed E-state index contributed by atoms with van der Waals surface area (Å²) in [6.45, 7) is 2.36. The number of hydrogen-bond donors (Lipinski definition) is 0. The minimum atomic E-state index is -3.53. The molecule has 3 aromatic carbocycles. The van der Waals surface area contributed by atoms with Gasteiger partial charge in [-0.1, -0.05) is 58.4 Å². The number of anilines is 1. The van der Waals surface area contributed by atoms with E-state index in [4.69, 9.17) is 0 Å². The van der Waals surface area contributed by atoms with Crippen LogP contribution in [-0.2, 0) is 10.0 Å². The van der Waals surface area contributed by atoms with Gasteiger partial charge < -0.3 is 4.90 Å². The number of halogens is 1. The number of rotatable bonds is 3. The first kappa shape index (κ1) is 17.5. The fourth-order valence-electron chi connectivity index (χ4n) is 3.42. The van der Waals surface area contributed by atoms with Crippen molar-refractivity contribution in [2.75, 3.05) is 31.1 Å². The van der Waals surface area contributed by atoms with Crippen molar-refractivity contribution in [2.24, 2.45) is 0 Å². The van der Waals surface area contributed by atoms with Gasteiger partial charge in [-0.2, -0.15) is 4.31 Å². The fourth-order valence-corrected chi connectivity index (χ4v) is 5.52. The molecule has 1 aliphatic rings. The van der Waals surface area contributed by atoms with E-state index in [9.17, 15) is 8.42 Å². The molecule has 1 aliphatic heterocycles. The molecule has 1 heterocycles. The molecule has 0 radical (unpaired) electrons. The molecule has 0 aromatic heterocycles. The Hall–Kier alpha value is -1.89. The molecule has 26 heavy (non-hydrogen) atoms. The van der Waals surface area contributed by atoms with Crippen LogP contribution in [0.2, 0.25) is 0 Å². The molecule has 0 bridgehead atoms. The minimum absolute atomic E-state index is 0.379. The average molecular weight is 431 g/mol. The highest BCUT2D eigenvalue weighted by atomic mass is 79.9. The van der Waals surface area contributed by atoms with E-state index in [0.717, 1.165) is 20.9 Å². The van der Waals surface area contributed by atoms with Crippen LogP contribution in [0.15, 0.2) is 76.1 Å². The first-order chi connectivity index (χ1) is 12.6. The van der Waals surface area contributed by atoms with E-state index >= 15 is 0 Å². The topological polar surface area (TPSA) is 40.6 Å². The summed E-state index contributed by atoms with van der Waals surface area (Å²) in [6, 6.07) is 21.2. The molecule has 4 rings (SSSR count). The van der Waals surface area contributed by atoms with Crippen molar-refractivity contribution in [2.45, 2.75) is 4.90 Å². The third-order valence-electron chi connectivity index (χ3n) is 4.81. The molecule has 0 atom stereocenters. The second-order valence-electron chi connectivity index (χ2n) is 6.32. The van der Waals surface area contributed by atoms with Gasteiger partial charge in [0.05, 0.1) is 4.90 Å². The summed E-state index contributed by atoms with van der Waals surface area (Å²) < 4.78 is 29.0. The minimum Gasteiger partial charge on any atom is -0.369 e. The number of benzene rings is 3. The normalized spacial score (nSPS) is 16.1. The van der Waals surface area contributed by atoms with Crippen molar-refractivity contribution in [1.82, 2.24) is 4.31 Å². The number of para-hydroxylation sites is 1. The van der Waals surface area contributed by atoms with Crippen LogP contribution < -0.4 is 4.90 Å². The summed E-state index contributed by atoms with van der Waals surface area (Å²) >= 11 is 3.51. The zero-order valence-corrected chi connectivity index (χ0v) is 16.6. The van der Waals surface area contributed by atoms with E-state index in [-0.39, 0.29) is 0 Å². The Morgan fingerprint density at radius 3 is 2.04 bits per heavy atom. The lowest BCUT2D eigenvalue weighted by Gasteiger charge is -2.35. The molecule has 6 heteroatoms. The van der Waals surface area contributed by atoms with Crippen LogP contribution in [0, 0.1) is 0 Å². The van der Waals surface area contributed by atoms with Gasteiger partial charge in [-0.3, -0.25) is 0 Å². The lowest BCUT2D eigenvalue weighted by Crippen LogP contribution is -2.48. The molecule has 0 unspecified atom stereocenters. The summed E-state index contributed by atoms with van der Waals surface area (Å²) in [5, 5.41) is 1.67. The molecule has 4 nitrogen and oxygen atoms in total. The highest BCUT2D eigenvalue weighted by Gasteiger charge is 2.30. The van der Waals surface area contributed by atoms with Crippen molar-refractivity contribution >= 4 is 42.4 Å². The van der Waals surface area contributed by atoms with E-state index in [1.807, 2.05) is 48.5 Å². The monoisotopic (exact) mass is 430 g/mol. The second kappa shape index (κ2) is 7.02. The Morgan fingerprint density at radius 1 is 0.731 bits per heavy atom. The number of nitrogens with zero attached hydrogens (tertiary/aromatic N) is 2. The van der Waals surface area contributed by atoms with Crippen LogP contribution in [0.1, 0.15) is 0 Å². The van der Waals surface area contributed by atoms with Gasteiger partial charge in [0.2, 0.25) is 10.0 Å². The van der Waals surface area contributed by atoms with E-state index in [1.165, 1.54) is 0 Å². The molecule has 0 aliphatic carbocycles. The number of hydrogen-bond acceptors (Lipinski definition) is 3. The Balaban J connectivity index is 1.62. The molecule has 0 saturated carbocycles. The SMILES string of the molecule is O=S(=O)(c1ccc(Br)c2ccccc12)N1CCN(c2ccccc2)CC1. The molecular weight excluding hydrogens is 412 g/mol. The fraction of sp³-hybridized carbons (Fsp3) is 0.200. The quantitative estimate of drug-likeness (QED) is 0.627. The molecule has 3 aromatic rings. The lowest BCUT2D eigenvalue weighted by molar-refractivity contribution is 0.385. The van der Waals surface area contributed by atoms with E-state index in [1.54, 1.807) is 10.4 Å². The van der Waals surface area contributed by atoms with Crippen LogP contribution in [0.25, 0.3) is 10.8 Å². The third kappa shape index (κ3) is 3.13. The smallest absolute Gasteiger partial charge is 0.243 e. The Bertz CT molecular complexity index is 1030. The van der Waals surface area contributed by atoms with Gasteiger partial charge in [-0.05, 0) is 29.7 Å². The molecule has 1 saturated heterocycles. The predicted molar refractivity (Wildman–Crippen MR) is 109 cm³/mol. The Kier molecular flexibility index (Phi) is 4.73. The molecule has 0 N–H and O–H groups in total. The molecular formula is C20H19BrN2O2S. The zero-order valence-electron chi connectivity index (χ0n) is 14.2. The summed E-state index contributed by atoms with van der Waals surface area (Å²) in [5.74, 6) is 0. The highest BCUT2D eigenvalue weighted by molar-refractivity contribution is 9.10. The zero-order chi connectivity index (χ0) is 18.1. The van der Waals surface area contributed by atoms with Crippen LogP contribution in [0.3, 0.4) is 0 Å². The first-order valence-corrected chi connectivity index (χ1v) is 10.8. The van der Waals surface area contributed by atoms with Crippen molar-refractivity contribution in [1.29, 1.82) is 0 Å². The number of sulfonamides is 1. The van der Waals surface area contributed by atoms with Gasteiger partial charge >= 0.3 is 0 Å². The average Bonchev–Trinajstić information content (AvgIpc) is 2.69. The van der Waals surface area contributed by atoms with Crippen LogP contribution >= 0.6 is 15.9 Å². The Labute approximate surface area is 162 Å². The highest BCUT2D eigenvalue weighted by Crippen LogP contribution is 2.31. The van der Waals surface area contributed by atoms with Gasteiger partial charge in [0.1, 0.15) is 0 Å². The van der Waals surface area contributed by atoms with Crippen molar-refractivity contribution < 1.29 is 8.42 Å². The molecule has 0 spiro atoms. The van der Waals surface area contributed by atoms with Gasteiger partial charge in [-0.25, -0.2) is 8.42 Å². The van der Waals surface area contributed by atoms with Crippen molar-refractivity contribution in [3.05, 3.63) is 71.2 Å². The summed E-state index contributed by atoms with van der Waals surface area (Å²) in [7, 11) is -3.53. The number of fused-ring (bicyclic) bond motifs is 1. The van der Waals surface area contributed by atoms with Crippen LogP contribution in [0.4, 0.5) is 5.69 Å². The molecule has 134 valence electrons. The van der Waals surface area contributed by atoms with Gasteiger partial charge in [0, 0.05) is 41.7 Å². The summed E-state index contributed by atoms with van der Waals surface area (Å²) in [6.07, 6.45) is 0.